The molecule has 0 saturated carbocycles. The first-order valence-corrected chi connectivity index (χ1v) is 12.6. The summed E-state index contributed by atoms with van der Waals surface area (Å²) in [5.74, 6) is 0.377. The monoisotopic (exact) mass is 467 g/mol. The average molecular weight is 468 g/mol. The molecule has 2 aliphatic heterocycles. The van der Waals surface area contributed by atoms with Crippen molar-refractivity contribution in [3.63, 3.8) is 0 Å². The van der Waals surface area contributed by atoms with Crippen LogP contribution in [0.25, 0.3) is 5.57 Å². The molecule has 4 rings (SSSR count). The summed E-state index contributed by atoms with van der Waals surface area (Å²) in [6, 6.07) is 4.05. The number of carbonyl (C=O) groups excluding carboxylic acids is 1. The third kappa shape index (κ3) is 6.93. The van der Waals surface area contributed by atoms with Crippen molar-refractivity contribution in [1.29, 1.82) is 0 Å². The highest BCUT2D eigenvalue weighted by molar-refractivity contribution is 6.02. The highest BCUT2D eigenvalue weighted by atomic mass is 16.5. The number of allylic oxidation sites excluding steroid dienone is 3. The van der Waals surface area contributed by atoms with Crippen molar-refractivity contribution in [2.45, 2.75) is 52.5 Å². The van der Waals surface area contributed by atoms with Crippen molar-refractivity contribution in [2.75, 3.05) is 45.1 Å². The number of anilines is 1. The number of nitrogen functional groups attached to an aromatic ring is 1. The fourth-order valence-corrected chi connectivity index (χ4v) is 4.55. The van der Waals surface area contributed by atoms with Gasteiger partial charge in [0, 0.05) is 48.6 Å². The summed E-state index contributed by atoms with van der Waals surface area (Å²) >= 11 is 0. The molecule has 0 bridgehead atoms. The number of nitrogens with zero attached hydrogens (tertiary/aromatic N) is 2. The van der Waals surface area contributed by atoms with Gasteiger partial charge in [-0.15, -0.1) is 0 Å². The first-order chi connectivity index (χ1) is 16.5. The number of hydrazone groups is 1. The van der Waals surface area contributed by atoms with E-state index in [1.165, 1.54) is 0 Å². The summed E-state index contributed by atoms with van der Waals surface area (Å²) in [5, 5.41) is 7.35. The van der Waals surface area contributed by atoms with E-state index in [2.05, 4.69) is 26.8 Å². The first-order valence-electron chi connectivity index (χ1n) is 12.6. The normalized spacial score (nSPS) is 22.3. The molecule has 1 aromatic rings. The number of amides is 1. The molecule has 1 amide bonds. The van der Waals surface area contributed by atoms with Gasteiger partial charge in [0.15, 0.2) is 0 Å². The Bertz CT molecular complexity index is 899. The van der Waals surface area contributed by atoms with Gasteiger partial charge in [0.05, 0.1) is 19.3 Å². The Balaban J connectivity index is 0.000000751. The number of ether oxygens (including phenoxy) is 1. The second-order valence-corrected chi connectivity index (χ2v) is 9.13. The summed E-state index contributed by atoms with van der Waals surface area (Å²) in [4.78, 5) is 15.5. The smallest absolute Gasteiger partial charge is 0.251 e. The van der Waals surface area contributed by atoms with E-state index >= 15 is 0 Å². The lowest BCUT2D eigenvalue weighted by Crippen LogP contribution is -2.38. The van der Waals surface area contributed by atoms with E-state index in [0.717, 1.165) is 75.2 Å². The molecule has 4 N–H and O–H groups in total. The van der Waals surface area contributed by atoms with Crippen molar-refractivity contribution in [3.8, 4) is 0 Å². The molecule has 2 heterocycles. The van der Waals surface area contributed by atoms with Gasteiger partial charge in [-0.3, -0.25) is 9.69 Å². The van der Waals surface area contributed by atoms with Crippen molar-refractivity contribution in [2.24, 2.45) is 11.0 Å². The number of hydrogen-bond donors (Lipinski definition) is 3. The van der Waals surface area contributed by atoms with Gasteiger partial charge in [-0.05, 0) is 70.2 Å². The van der Waals surface area contributed by atoms with Crippen molar-refractivity contribution in [3.05, 3.63) is 47.1 Å². The van der Waals surface area contributed by atoms with E-state index in [-0.39, 0.29) is 11.9 Å². The molecule has 3 aliphatic rings. The molecule has 7 nitrogen and oxygen atoms in total. The average Bonchev–Trinajstić information content (AvgIpc) is 3.20. The molecule has 34 heavy (non-hydrogen) atoms. The molecule has 1 aliphatic carbocycles. The number of hydrogen-bond acceptors (Lipinski definition) is 6. The largest absolute Gasteiger partial charge is 0.398 e. The highest BCUT2D eigenvalue weighted by Crippen LogP contribution is 2.36. The zero-order valence-corrected chi connectivity index (χ0v) is 21.0. The highest BCUT2D eigenvalue weighted by Gasteiger charge is 2.27. The second-order valence-electron chi connectivity index (χ2n) is 9.13. The molecule has 0 spiro atoms. The van der Waals surface area contributed by atoms with E-state index in [4.69, 9.17) is 10.5 Å². The number of fused-ring (bicyclic) bond motifs is 1. The van der Waals surface area contributed by atoms with Gasteiger partial charge in [-0.2, -0.15) is 5.10 Å². The minimum absolute atomic E-state index is 0.0454. The van der Waals surface area contributed by atoms with Crippen LogP contribution < -0.4 is 16.5 Å². The lowest BCUT2D eigenvalue weighted by Gasteiger charge is -2.26. The number of rotatable bonds is 6. The van der Waals surface area contributed by atoms with Gasteiger partial charge in [-0.25, -0.2) is 0 Å². The molecular formula is C27H41N5O2. The van der Waals surface area contributed by atoms with Crippen LogP contribution in [0.1, 0.15) is 61.0 Å². The lowest BCUT2D eigenvalue weighted by molar-refractivity contribution is 0.0374. The Hall–Kier alpha value is -2.64. The Kier molecular flexibility index (Phi) is 10.2. The van der Waals surface area contributed by atoms with Crippen LogP contribution in [-0.4, -0.2) is 62.5 Å². The maximum Gasteiger partial charge on any atom is 0.251 e. The maximum atomic E-state index is 13.1. The van der Waals surface area contributed by atoms with Crippen LogP contribution in [0, 0.1) is 12.8 Å². The van der Waals surface area contributed by atoms with E-state index in [1.807, 2.05) is 51.3 Å². The SMILES string of the molecule is C/C=C/C.Cc1ccc(C(=O)NCCCN2CCOCC2)c(C2=CC3NN=CC3CCC2)c1N. The minimum atomic E-state index is -0.0454. The summed E-state index contributed by atoms with van der Waals surface area (Å²) in [6.45, 7) is 11.2. The molecule has 1 fully saturated rings. The third-order valence-electron chi connectivity index (χ3n) is 6.72. The van der Waals surface area contributed by atoms with Gasteiger partial charge >= 0.3 is 0 Å². The van der Waals surface area contributed by atoms with Crippen LogP contribution in [0.3, 0.4) is 0 Å². The van der Waals surface area contributed by atoms with Crippen LogP contribution in [0.4, 0.5) is 5.69 Å². The molecular weight excluding hydrogens is 426 g/mol. The van der Waals surface area contributed by atoms with Gasteiger partial charge in [-0.1, -0.05) is 24.3 Å². The van der Waals surface area contributed by atoms with Gasteiger partial charge in [0.1, 0.15) is 0 Å². The van der Waals surface area contributed by atoms with E-state index in [0.29, 0.717) is 23.7 Å². The maximum absolute atomic E-state index is 13.1. The van der Waals surface area contributed by atoms with Crippen LogP contribution in [-0.2, 0) is 4.74 Å². The molecule has 2 unspecified atom stereocenters. The number of benzene rings is 1. The topological polar surface area (TPSA) is 92.0 Å². The summed E-state index contributed by atoms with van der Waals surface area (Å²) < 4.78 is 5.39. The molecule has 1 aromatic carbocycles. The zero-order chi connectivity index (χ0) is 24.3. The molecule has 0 aromatic heterocycles. The molecule has 2 atom stereocenters. The second kappa shape index (κ2) is 13.3. The molecule has 7 heteroatoms. The van der Waals surface area contributed by atoms with Gasteiger partial charge in [0.2, 0.25) is 0 Å². The first kappa shape index (κ1) is 26.0. The van der Waals surface area contributed by atoms with Crippen LogP contribution in [0.2, 0.25) is 0 Å². The lowest BCUT2D eigenvalue weighted by atomic mass is 9.91. The molecule has 0 radical (unpaired) electrons. The van der Waals surface area contributed by atoms with Crippen LogP contribution in [0.5, 0.6) is 0 Å². The van der Waals surface area contributed by atoms with E-state index < -0.39 is 0 Å². The van der Waals surface area contributed by atoms with Crippen LogP contribution >= 0.6 is 0 Å². The number of aryl methyl sites for hydroxylation is 1. The Morgan fingerprint density at radius 3 is 2.79 bits per heavy atom. The molecule has 1 saturated heterocycles. The fourth-order valence-electron chi connectivity index (χ4n) is 4.55. The van der Waals surface area contributed by atoms with Gasteiger partial charge < -0.3 is 21.2 Å². The predicted octanol–water partition coefficient (Wildman–Crippen LogP) is 3.75. The van der Waals surface area contributed by atoms with Crippen molar-refractivity contribution in [1.82, 2.24) is 15.6 Å². The number of carbonyl (C=O) groups is 1. The third-order valence-corrected chi connectivity index (χ3v) is 6.72. The van der Waals surface area contributed by atoms with Crippen molar-refractivity contribution < 1.29 is 9.53 Å². The summed E-state index contributed by atoms with van der Waals surface area (Å²) in [5.41, 5.74) is 14.1. The Labute approximate surface area is 204 Å². The number of nitrogens with one attached hydrogen (secondary N) is 2. The fraction of sp³-hybridized carbons (Fsp3) is 0.556. The predicted molar refractivity (Wildman–Crippen MR) is 141 cm³/mol. The van der Waals surface area contributed by atoms with Crippen molar-refractivity contribution >= 4 is 23.4 Å². The minimum Gasteiger partial charge on any atom is -0.398 e. The standard InChI is InChI=1S/C23H33N5O2.C4H8/c1-16-6-7-19(23(29)25-8-3-9-28-10-12-30-13-11-28)21(22(16)24)17-4-2-5-18-15-26-27-20(18)14-17;1-3-4-2/h6-7,14-15,18,20,27H,2-5,8-13,24H2,1H3,(H,25,29);3-4H,1-2H3/b;4-3+. The number of morpholine rings is 1. The van der Waals surface area contributed by atoms with Crippen LogP contribution in [0.15, 0.2) is 35.5 Å². The Morgan fingerprint density at radius 2 is 2.06 bits per heavy atom. The zero-order valence-electron chi connectivity index (χ0n) is 21.0. The van der Waals surface area contributed by atoms with E-state index in [9.17, 15) is 4.79 Å². The number of nitrogens with two attached hydrogens (primary N) is 1. The summed E-state index contributed by atoms with van der Waals surface area (Å²) in [7, 11) is 0. The Morgan fingerprint density at radius 1 is 1.29 bits per heavy atom. The van der Waals surface area contributed by atoms with E-state index in [1.54, 1.807) is 0 Å². The quantitative estimate of drug-likeness (QED) is 0.337. The van der Waals surface area contributed by atoms with Gasteiger partial charge in [0.25, 0.3) is 5.91 Å². The summed E-state index contributed by atoms with van der Waals surface area (Å²) in [6.07, 6.45) is 12.2. The molecule has 186 valence electrons.